The van der Waals surface area contributed by atoms with Gasteiger partial charge in [0.15, 0.2) is 0 Å². The number of hydrogen-bond donors (Lipinski definition) is 4. The number of nitrogens with one attached hydrogen (secondary N) is 3. The van der Waals surface area contributed by atoms with Crippen LogP contribution in [0.15, 0.2) is 72.8 Å². The molecule has 0 radical (unpaired) electrons. The molecule has 0 aliphatic carbocycles. The first-order valence-electron chi connectivity index (χ1n) is 12.4. The zero-order valence-electron chi connectivity index (χ0n) is 21.6. The molecule has 0 unspecified atom stereocenters. The maximum atomic E-state index is 13.3. The minimum absolute atomic E-state index is 0.0261. The van der Waals surface area contributed by atoms with Crippen LogP contribution in [-0.2, 0) is 16.6 Å². The molecule has 5 N–H and O–H groups in total. The van der Waals surface area contributed by atoms with Crippen molar-refractivity contribution >= 4 is 55.8 Å². The summed E-state index contributed by atoms with van der Waals surface area (Å²) < 4.78 is 46.3. The van der Waals surface area contributed by atoms with Crippen LogP contribution in [0.3, 0.4) is 0 Å². The van der Waals surface area contributed by atoms with Crippen molar-refractivity contribution in [1.82, 2.24) is 15.2 Å². The number of aromatic amines is 1. The second-order valence-electron chi connectivity index (χ2n) is 8.98. The fourth-order valence-electron chi connectivity index (χ4n) is 4.02. The van der Waals surface area contributed by atoms with Crippen LogP contribution in [0.4, 0.5) is 21.7 Å². The third-order valence-electron chi connectivity index (χ3n) is 6.13. The van der Waals surface area contributed by atoms with Crippen LogP contribution in [0.1, 0.15) is 22.8 Å². The van der Waals surface area contributed by atoms with Crippen molar-refractivity contribution in [2.24, 2.45) is 5.73 Å². The van der Waals surface area contributed by atoms with Gasteiger partial charge in [0, 0.05) is 16.0 Å². The summed E-state index contributed by atoms with van der Waals surface area (Å²) in [5.41, 5.74) is 7.94. The Morgan fingerprint density at radius 3 is 2.56 bits per heavy atom. The lowest BCUT2D eigenvalue weighted by atomic mass is 10.1. The van der Waals surface area contributed by atoms with Crippen molar-refractivity contribution in [2.45, 2.75) is 13.5 Å². The highest BCUT2D eigenvalue weighted by molar-refractivity contribution is 7.92. The van der Waals surface area contributed by atoms with Gasteiger partial charge in [0.05, 0.1) is 17.0 Å². The number of amides is 1. The summed E-state index contributed by atoms with van der Waals surface area (Å²) in [6, 6.07) is 19.3. The lowest BCUT2D eigenvalue weighted by molar-refractivity contribution is 0.100. The van der Waals surface area contributed by atoms with Crippen LogP contribution in [0, 0.1) is 5.82 Å². The second kappa shape index (κ2) is 11.4. The van der Waals surface area contributed by atoms with Crippen molar-refractivity contribution in [2.75, 3.05) is 15.8 Å². The van der Waals surface area contributed by atoms with Crippen molar-refractivity contribution in [3.63, 3.8) is 0 Å². The Kier molecular flexibility index (Phi) is 7.77. The molecule has 41 heavy (non-hydrogen) atoms. The number of hydrogen-bond acceptors (Lipinski definition) is 7. The molecule has 3 aromatic carbocycles. The van der Waals surface area contributed by atoms with Gasteiger partial charge >= 0.3 is 0 Å². The molecule has 2 aromatic heterocycles. The maximum Gasteiger partial charge on any atom is 0.254 e. The molecule has 10 nitrogen and oxygen atoms in total. The topological polar surface area (TPSA) is 152 Å². The molecule has 0 saturated heterocycles. The number of nitrogens with zero attached hydrogens (tertiary/aromatic N) is 2. The zero-order valence-corrected chi connectivity index (χ0v) is 23.2. The van der Waals surface area contributed by atoms with Gasteiger partial charge in [-0.05, 0) is 61.0 Å². The summed E-state index contributed by atoms with van der Waals surface area (Å²) >= 11 is 6.10. The largest absolute Gasteiger partial charge is 0.487 e. The van der Waals surface area contributed by atoms with Gasteiger partial charge < -0.3 is 15.8 Å². The molecule has 0 bridgehead atoms. The summed E-state index contributed by atoms with van der Waals surface area (Å²) in [6.45, 7) is 1.53. The molecule has 0 spiro atoms. The van der Waals surface area contributed by atoms with E-state index in [4.69, 9.17) is 22.1 Å². The van der Waals surface area contributed by atoms with E-state index in [9.17, 15) is 17.6 Å². The van der Waals surface area contributed by atoms with Gasteiger partial charge in [-0.2, -0.15) is 5.10 Å². The van der Waals surface area contributed by atoms with E-state index < -0.39 is 21.7 Å². The van der Waals surface area contributed by atoms with Gasteiger partial charge in [0.25, 0.3) is 5.91 Å². The molecular weight excluding hydrogens is 571 g/mol. The molecule has 2 heterocycles. The number of sulfonamides is 1. The number of primary amides is 1. The molecule has 5 rings (SSSR count). The summed E-state index contributed by atoms with van der Waals surface area (Å²) in [4.78, 5) is 17.1. The maximum absolute atomic E-state index is 13.3. The highest BCUT2D eigenvalue weighted by atomic mass is 35.5. The van der Waals surface area contributed by atoms with Gasteiger partial charge in [-0.25, -0.2) is 17.8 Å². The Labute approximate surface area is 239 Å². The molecule has 0 atom stereocenters. The van der Waals surface area contributed by atoms with Crippen LogP contribution in [0.5, 0.6) is 5.75 Å². The van der Waals surface area contributed by atoms with Crippen LogP contribution in [0.25, 0.3) is 22.2 Å². The number of pyridine rings is 1. The molecule has 5 aromatic rings. The fourth-order valence-corrected chi connectivity index (χ4v) is 4.84. The highest BCUT2D eigenvalue weighted by Gasteiger charge is 2.22. The van der Waals surface area contributed by atoms with Gasteiger partial charge in [-0.15, -0.1) is 0 Å². The number of nitrogens with two attached hydrogens (primary N) is 1. The Bertz CT molecular complexity index is 1860. The van der Waals surface area contributed by atoms with Gasteiger partial charge in [0.2, 0.25) is 10.0 Å². The van der Waals surface area contributed by atoms with E-state index in [2.05, 4.69) is 25.2 Å². The lowest BCUT2D eigenvalue weighted by Crippen LogP contribution is -2.15. The van der Waals surface area contributed by atoms with Crippen LogP contribution in [-0.4, -0.2) is 35.3 Å². The number of carbonyl (C=O) groups excluding carboxylic acids is 1. The smallest absolute Gasteiger partial charge is 0.254 e. The summed E-state index contributed by atoms with van der Waals surface area (Å²) in [6.07, 6.45) is 0. The van der Waals surface area contributed by atoms with E-state index >= 15 is 0 Å². The summed E-state index contributed by atoms with van der Waals surface area (Å²) in [5.74, 6) is -0.497. The van der Waals surface area contributed by atoms with E-state index in [0.29, 0.717) is 27.5 Å². The highest BCUT2D eigenvalue weighted by Crippen LogP contribution is 2.35. The van der Waals surface area contributed by atoms with Crippen LogP contribution < -0.4 is 20.5 Å². The van der Waals surface area contributed by atoms with E-state index in [-0.39, 0.29) is 40.9 Å². The van der Waals surface area contributed by atoms with Crippen LogP contribution in [0.2, 0.25) is 5.02 Å². The quantitative estimate of drug-likeness (QED) is 0.164. The predicted octanol–water partition coefficient (Wildman–Crippen LogP) is 5.60. The summed E-state index contributed by atoms with van der Waals surface area (Å²) in [5, 5.41) is 11.5. The number of benzene rings is 3. The van der Waals surface area contributed by atoms with Crippen molar-refractivity contribution in [3.8, 4) is 17.0 Å². The van der Waals surface area contributed by atoms with E-state index in [1.807, 2.05) is 12.1 Å². The van der Waals surface area contributed by atoms with Gasteiger partial charge in [0.1, 0.15) is 41.1 Å². The SMILES string of the molecule is CCS(=O)(=O)Nc1ccc(-c2n[nH]c(Nc3ccc4ccc(Cl)cc4n3)c2C(N)=O)cc1OCc1ccc(F)cc1. The molecule has 0 aliphatic heterocycles. The van der Waals surface area contributed by atoms with E-state index in [1.54, 1.807) is 42.5 Å². The predicted molar refractivity (Wildman–Crippen MR) is 156 cm³/mol. The number of carbonyl (C=O) groups is 1. The number of aromatic nitrogens is 3. The normalized spacial score (nSPS) is 11.4. The lowest BCUT2D eigenvalue weighted by Gasteiger charge is -2.15. The molecular formula is C28H24ClFN6O4S. The number of fused-ring (bicyclic) bond motifs is 1. The third-order valence-corrected chi connectivity index (χ3v) is 7.65. The number of ether oxygens (including phenoxy) is 1. The van der Waals surface area contributed by atoms with E-state index in [0.717, 1.165) is 5.39 Å². The minimum Gasteiger partial charge on any atom is -0.487 e. The van der Waals surface area contributed by atoms with Gasteiger partial charge in [-0.3, -0.25) is 14.6 Å². The van der Waals surface area contributed by atoms with Crippen molar-refractivity contribution in [3.05, 3.63) is 94.8 Å². The Balaban J connectivity index is 1.50. The van der Waals surface area contributed by atoms with Gasteiger partial charge in [-0.1, -0.05) is 35.9 Å². The second-order valence-corrected chi connectivity index (χ2v) is 11.4. The molecule has 210 valence electrons. The zero-order chi connectivity index (χ0) is 29.1. The Morgan fingerprint density at radius 1 is 1.07 bits per heavy atom. The summed E-state index contributed by atoms with van der Waals surface area (Å²) in [7, 11) is -3.63. The fraction of sp³-hybridized carbons (Fsp3) is 0.107. The Hall–Kier alpha value is -4.68. The number of H-pyrrole nitrogens is 1. The number of halogens is 2. The third kappa shape index (κ3) is 6.39. The minimum atomic E-state index is -3.63. The first-order chi connectivity index (χ1) is 19.6. The van der Waals surface area contributed by atoms with Crippen molar-refractivity contribution < 1.29 is 22.3 Å². The molecule has 0 fully saturated rings. The average Bonchev–Trinajstić information content (AvgIpc) is 3.36. The number of rotatable bonds is 10. The average molecular weight is 595 g/mol. The standard InChI is InChI=1S/C28H24ClFN6O4S/c1-2-41(38,39)36-21-11-6-18(13-23(21)40-15-16-3-9-20(30)10-4-16)26-25(27(31)37)28(35-34-26)33-24-12-7-17-5-8-19(29)14-22(17)32-24/h3-14,36H,2,15H2,1H3,(H2,31,37)(H2,32,33,34,35). The molecule has 0 saturated carbocycles. The van der Waals surface area contributed by atoms with Crippen LogP contribution >= 0.6 is 11.6 Å². The molecule has 0 aliphatic rings. The number of anilines is 3. The monoisotopic (exact) mass is 594 g/mol. The molecule has 13 heteroatoms. The van der Waals surface area contributed by atoms with E-state index in [1.165, 1.54) is 25.1 Å². The Morgan fingerprint density at radius 2 is 1.83 bits per heavy atom. The first-order valence-corrected chi connectivity index (χ1v) is 14.4. The molecule has 1 amide bonds. The van der Waals surface area contributed by atoms with Crippen molar-refractivity contribution in [1.29, 1.82) is 0 Å². The first kappa shape index (κ1) is 27.9.